The number of carbonyl (C=O) groups excluding carboxylic acids is 1. The van der Waals surface area contributed by atoms with Crippen molar-refractivity contribution in [2.24, 2.45) is 0 Å². The van der Waals surface area contributed by atoms with Gasteiger partial charge in [-0.15, -0.1) is 0 Å². The maximum atomic E-state index is 11.9. The van der Waals surface area contributed by atoms with Crippen LogP contribution in [0.1, 0.15) is 88.2 Å². The molecule has 0 amide bonds. The molecule has 2 unspecified atom stereocenters. The summed E-state index contributed by atoms with van der Waals surface area (Å²) < 4.78 is 21.9. The molecule has 0 spiro atoms. The van der Waals surface area contributed by atoms with Crippen LogP contribution in [0.15, 0.2) is 30.8 Å². The molecule has 0 saturated carbocycles. The third-order valence-corrected chi connectivity index (χ3v) is 6.37. The molecule has 1 N–H and O–H groups in total. The Kier molecular flexibility index (Phi) is 15.4. The molecule has 1 aromatic carbocycles. The lowest BCUT2D eigenvalue weighted by molar-refractivity contribution is -0.873. The average molecular weight is 512 g/mol. The molecule has 1 aromatic rings. The lowest BCUT2D eigenvalue weighted by Crippen LogP contribution is -2.42. The predicted molar refractivity (Wildman–Crippen MR) is 139 cm³/mol. The van der Waals surface area contributed by atoms with Crippen LogP contribution in [0.25, 0.3) is 6.08 Å². The number of likely N-dealkylation sites (N-methyl/N-ethyl adjacent to an activating group) is 1. The molecule has 0 fully saturated rings. The van der Waals surface area contributed by atoms with Gasteiger partial charge in [-0.3, -0.25) is 9.36 Å². The summed E-state index contributed by atoms with van der Waals surface area (Å²) >= 11 is 0. The van der Waals surface area contributed by atoms with Crippen molar-refractivity contribution in [3.8, 4) is 0 Å². The second-order valence-electron chi connectivity index (χ2n) is 10.3. The number of nitrogens with zero attached hydrogens (tertiary/aromatic N) is 1. The number of phosphoric acid groups is 1. The first-order valence-electron chi connectivity index (χ1n) is 12.9. The maximum Gasteiger partial charge on any atom is 0.306 e. The second-order valence-corrected chi connectivity index (χ2v) is 11.5. The maximum absolute atomic E-state index is 11.9. The number of rotatable bonds is 20. The van der Waals surface area contributed by atoms with Gasteiger partial charge in [0.1, 0.15) is 19.3 Å². The molecule has 1 rings (SSSR count). The molecule has 0 radical (unpaired) electrons. The molecule has 0 aliphatic heterocycles. The minimum absolute atomic E-state index is 0.135. The Morgan fingerprint density at radius 1 is 1.00 bits per heavy atom. The number of phosphoric ester groups is 1. The highest BCUT2D eigenvalue weighted by Crippen LogP contribution is 2.34. The van der Waals surface area contributed by atoms with Gasteiger partial charge in [0.15, 0.2) is 0 Å². The van der Waals surface area contributed by atoms with E-state index in [1.165, 1.54) is 25.7 Å². The van der Waals surface area contributed by atoms with E-state index in [4.69, 9.17) is 14.2 Å². The van der Waals surface area contributed by atoms with E-state index in [1.807, 2.05) is 45.4 Å². The smallest absolute Gasteiger partial charge is 0.306 e. The van der Waals surface area contributed by atoms with E-state index in [0.717, 1.165) is 49.7 Å². The molecule has 0 aliphatic rings. The summed E-state index contributed by atoms with van der Waals surface area (Å²) in [4.78, 5) is 32.0. The van der Waals surface area contributed by atoms with Crippen LogP contribution in [-0.4, -0.2) is 49.1 Å². The Morgan fingerprint density at radius 3 is 2.00 bits per heavy atom. The monoisotopic (exact) mass is 511 g/mol. The van der Waals surface area contributed by atoms with Crippen molar-refractivity contribution in [1.82, 2.24) is 0 Å². The zero-order valence-corrected chi connectivity index (χ0v) is 22.8. The quantitative estimate of drug-likeness (QED) is 0.106. The summed E-state index contributed by atoms with van der Waals surface area (Å²) in [6.07, 6.45) is 13.2. The van der Waals surface area contributed by atoms with Crippen LogP contribution in [0, 0.1) is 0 Å². The van der Waals surface area contributed by atoms with Gasteiger partial charge in [-0.1, -0.05) is 94.7 Å². The van der Waals surface area contributed by atoms with Crippen molar-refractivity contribution >= 4 is 19.9 Å². The van der Waals surface area contributed by atoms with Gasteiger partial charge in [0.05, 0.1) is 21.1 Å². The van der Waals surface area contributed by atoms with Gasteiger partial charge < -0.3 is 23.5 Å². The lowest BCUT2D eigenvalue weighted by atomic mass is 10.0. The zero-order chi connectivity index (χ0) is 26.2. The molecule has 35 heavy (non-hydrogen) atoms. The number of quaternary nitrogens is 1. The number of hydrogen-bond donors (Lipinski definition) is 1. The van der Waals surface area contributed by atoms with Crippen LogP contribution in [-0.2, 0) is 25.2 Å². The highest BCUT2D eigenvalue weighted by molar-refractivity contribution is 7.44. The Morgan fingerprint density at radius 2 is 1.51 bits per heavy atom. The van der Waals surface area contributed by atoms with E-state index in [2.05, 4.69) is 6.58 Å². The number of benzene rings is 1. The zero-order valence-electron chi connectivity index (χ0n) is 22.0. The first kappa shape index (κ1) is 31.5. The highest BCUT2D eigenvalue weighted by Gasteiger charge is 2.22. The van der Waals surface area contributed by atoms with Crippen LogP contribution in [0.3, 0.4) is 0 Å². The minimum atomic E-state index is -4.70. The molecule has 7 nitrogen and oxygen atoms in total. The van der Waals surface area contributed by atoms with Crippen LogP contribution in [0.5, 0.6) is 0 Å². The molecular formula is C27H46NO6P. The molecule has 0 heterocycles. The van der Waals surface area contributed by atoms with E-state index < -0.39 is 13.9 Å². The van der Waals surface area contributed by atoms with Crippen molar-refractivity contribution in [1.29, 1.82) is 0 Å². The van der Waals surface area contributed by atoms with Crippen LogP contribution < -0.4 is 4.89 Å². The fourth-order valence-electron chi connectivity index (χ4n) is 4.02. The highest BCUT2D eigenvalue weighted by atomic mass is 31.2. The minimum Gasteiger partial charge on any atom is -0.756 e. The second kappa shape index (κ2) is 17.0. The Hall–Kier alpha value is -1.50. The largest absolute Gasteiger partial charge is 0.756 e. The SMILES string of the molecule is C=Cc1ccc(COC(=O)CCCCCCCCCCCCC(C[N+](C)(C)C)OP(=O)([O-])O)cc1. The molecular weight excluding hydrogens is 465 g/mol. The van der Waals surface area contributed by atoms with Gasteiger partial charge in [0, 0.05) is 6.42 Å². The first-order chi connectivity index (χ1) is 16.5. The molecule has 0 saturated heterocycles. The van der Waals surface area contributed by atoms with E-state index in [1.54, 1.807) is 6.08 Å². The fourth-order valence-corrected chi connectivity index (χ4v) is 4.57. The third kappa shape index (κ3) is 18.4. The number of carbonyl (C=O) groups is 1. The van der Waals surface area contributed by atoms with Crippen LogP contribution >= 0.6 is 7.82 Å². The molecule has 2 atom stereocenters. The van der Waals surface area contributed by atoms with E-state index in [-0.39, 0.29) is 5.97 Å². The Labute approximate surface area is 212 Å². The predicted octanol–water partition coefficient (Wildman–Crippen LogP) is 5.61. The Bertz CT molecular complexity index is 769. The summed E-state index contributed by atoms with van der Waals surface area (Å²) in [5.41, 5.74) is 2.04. The van der Waals surface area contributed by atoms with Crippen molar-refractivity contribution in [3.63, 3.8) is 0 Å². The average Bonchev–Trinajstić information content (AvgIpc) is 2.76. The third-order valence-electron chi connectivity index (χ3n) is 5.81. The standard InChI is InChI=1S/C27H46NO6P/c1-5-24-18-20-25(21-19-24)23-33-27(29)17-15-13-11-9-7-6-8-10-12-14-16-26(22-28(2,3)4)34-35(30,31)32/h5,18-21,26H,1,6-17,22-23H2,2-4H3,(H-,30,31,32). The van der Waals surface area contributed by atoms with E-state index in [0.29, 0.717) is 30.5 Å². The van der Waals surface area contributed by atoms with Crippen molar-refractivity contribution in [3.05, 3.63) is 42.0 Å². The number of hydrogen-bond acceptors (Lipinski definition) is 5. The van der Waals surface area contributed by atoms with E-state index in [9.17, 15) is 14.3 Å². The molecule has 0 aromatic heterocycles. The summed E-state index contributed by atoms with van der Waals surface area (Å²) in [7, 11) is 1.21. The summed E-state index contributed by atoms with van der Waals surface area (Å²) in [6.45, 7) is 4.58. The lowest BCUT2D eigenvalue weighted by Gasteiger charge is -2.31. The van der Waals surface area contributed by atoms with Crippen molar-refractivity contribution < 1.29 is 32.9 Å². The summed E-state index contributed by atoms with van der Waals surface area (Å²) in [5, 5.41) is 0. The topological polar surface area (TPSA) is 95.9 Å². The first-order valence-corrected chi connectivity index (χ1v) is 14.4. The molecule has 8 heteroatoms. The van der Waals surface area contributed by atoms with Crippen molar-refractivity contribution in [2.45, 2.75) is 89.8 Å². The van der Waals surface area contributed by atoms with Gasteiger partial charge in [-0.05, 0) is 24.0 Å². The summed E-state index contributed by atoms with van der Waals surface area (Å²) in [5.74, 6) is -0.135. The van der Waals surface area contributed by atoms with Gasteiger partial charge in [-0.25, -0.2) is 0 Å². The number of ether oxygens (including phenoxy) is 1. The number of esters is 1. The van der Waals surface area contributed by atoms with Gasteiger partial charge in [-0.2, -0.15) is 0 Å². The van der Waals surface area contributed by atoms with Gasteiger partial charge in [0.25, 0.3) is 7.82 Å². The summed E-state index contributed by atoms with van der Waals surface area (Å²) in [6, 6.07) is 7.82. The van der Waals surface area contributed by atoms with Crippen molar-refractivity contribution in [2.75, 3.05) is 27.7 Å². The fraction of sp³-hybridized carbons (Fsp3) is 0.667. The van der Waals surface area contributed by atoms with E-state index >= 15 is 0 Å². The van der Waals surface area contributed by atoms with Crippen LogP contribution in [0.2, 0.25) is 0 Å². The van der Waals surface area contributed by atoms with Crippen LogP contribution in [0.4, 0.5) is 0 Å². The van der Waals surface area contributed by atoms with Gasteiger partial charge >= 0.3 is 5.97 Å². The molecule has 200 valence electrons. The number of unbranched alkanes of at least 4 members (excludes halogenated alkanes) is 9. The normalized spacial score (nSPS) is 14.3. The Balaban J connectivity index is 1.98. The molecule has 0 aliphatic carbocycles. The molecule has 0 bridgehead atoms. The van der Waals surface area contributed by atoms with Gasteiger partial charge in [0.2, 0.25) is 0 Å².